The molecule has 31 N–H and O–H groups in total. The van der Waals surface area contributed by atoms with E-state index >= 15 is 0 Å². The number of nitrogens with zero attached hydrogens (tertiary/aromatic N) is 1. The maximum atomic E-state index is 13.6. The summed E-state index contributed by atoms with van der Waals surface area (Å²) in [6.45, 7) is -3.49. The summed E-state index contributed by atoms with van der Waals surface area (Å²) in [6, 6.07) is 9.51. The first kappa shape index (κ1) is 96.0. The van der Waals surface area contributed by atoms with Gasteiger partial charge in [-0.05, 0) is 48.9 Å². The first-order chi connectivity index (χ1) is 51.6. The number of hydrogen-bond acceptors (Lipinski definition) is 37. The summed E-state index contributed by atoms with van der Waals surface area (Å²) in [6.07, 6.45) is -47.3. The molecule has 30 atom stereocenters. The first-order valence-corrected chi connectivity index (χ1v) is 34.4. The first-order valence-electron chi connectivity index (χ1n) is 34.4. The predicted molar refractivity (Wildman–Crippen MR) is 366 cm³/mol. The molecule has 43 heteroatoms. The topological polar surface area (TPSA) is 747 Å². The van der Waals surface area contributed by atoms with Crippen LogP contribution in [0.25, 0.3) is 0 Å². The molecule has 0 saturated carbocycles. The number of likely N-dealkylation sites (N-methyl/N-ethyl adjacent to an activating group) is 1. The number of aryl methyl sites for hydroxylation is 2. The number of aliphatic hydroxyl groups is 22. The van der Waals surface area contributed by atoms with Crippen molar-refractivity contribution in [3.05, 3.63) is 70.8 Å². The fourth-order valence-corrected chi connectivity index (χ4v) is 12.3. The molecule has 110 heavy (non-hydrogen) atoms. The number of carboxylic acids is 1. The van der Waals surface area contributed by atoms with Crippen LogP contribution in [0.1, 0.15) is 71.4 Å². The molecule has 4 fully saturated rings. The summed E-state index contributed by atoms with van der Waals surface area (Å²) in [5.74, 6) is -8.95. The van der Waals surface area contributed by atoms with Gasteiger partial charge in [0.1, 0.15) is 122 Å². The molecule has 626 valence electrons. The number of terminal acetylenes is 1. The molecule has 4 aliphatic heterocycles. The summed E-state index contributed by atoms with van der Waals surface area (Å²) in [7, 11) is 2.58. The number of carboxylic acid groups (broad SMARTS) is 1. The van der Waals surface area contributed by atoms with Crippen molar-refractivity contribution in [2.24, 2.45) is 17.2 Å². The van der Waals surface area contributed by atoms with Gasteiger partial charge in [0.2, 0.25) is 23.6 Å². The molecule has 6 rings (SSSR count). The number of aliphatic hydroxyl groups excluding tert-OH is 22. The zero-order valence-electron chi connectivity index (χ0n) is 60.2. The van der Waals surface area contributed by atoms with Crippen molar-refractivity contribution in [1.82, 2.24) is 15.5 Å². The Bertz CT molecular complexity index is 3260. The molecule has 0 aliphatic carbocycles. The van der Waals surface area contributed by atoms with Crippen molar-refractivity contribution in [2.75, 3.05) is 60.3 Å². The number of carbonyl (C=O) groups excluding carboxylic acids is 5. The van der Waals surface area contributed by atoms with Crippen LogP contribution in [0.3, 0.4) is 0 Å². The minimum Gasteiger partial charge on any atom is -0.477 e. The van der Waals surface area contributed by atoms with Gasteiger partial charge in [-0.25, -0.2) is 4.79 Å². The normalized spacial score (nSPS) is 31.5. The number of nitrogens with one attached hydrogen (secondary N) is 2. The van der Waals surface area contributed by atoms with E-state index in [-0.39, 0.29) is 36.8 Å². The highest BCUT2D eigenvalue weighted by molar-refractivity contribution is 5.94. The molecule has 0 aromatic heterocycles. The van der Waals surface area contributed by atoms with Crippen LogP contribution in [0.15, 0.2) is 48.5 Å². The Hall–Kier alpha value is -6.42. The maximum absolute atomic E-state index is 13.6. The summed E-state index contributed by atoms with van der Waals surface area (Å²) in [5.41, 5.74) is 16.8. The molecule has 5 amide bonds. The Kier molecular flexibility index (Phi) is 38.6. The second kappa shape index (κ2) is 44.3. The van der Waals surface area contributed by atoms with E-state index in [1.54, 1.807) is 36.4 Å². The van der Waals surface area contributed by atoms with E-state index in [2.05, 4.69) is 23.0 Å². The molecule has 2 aromatic rings. The molecule has 43 nitrogen and oxygen atoms in total. The fraction of sp³-hybridized carbons (Fsp3) is 0.701. The van der Waals surface area contributed by atoms with Crippen molar-refractivity contribution in [3.63, 3.8) is 0 Å². The van der Waals surface area contributed by atoms with Gasteiger partial charge in [0.05, 0.1) is 82.7 Å². The second-order valence-corrected chi connectivity index (χ2v) is 26.6. The van der Waals surface area contributed by atoms with E-state index in [1.165, 1.54) is 26.2 Å². The van der Waals surface area contributed by atoms with Crippen LogP contribution in [-0.4, -0.2) is 401 Å². The largest absolute Gasteiger partial charge is 0.477 e. The van der Waals surface area contributed by atoms with Crippen LogP contribution in [0, 0.1) is 12.3 Å². The summed E-state index contributed by atoms with van der Waals surface area (Å²) in [4.78, 5) is 74.3. The Morgan fingerprint density at radius 1 is 0.545 bits per heavy atom. The molecule has 10 unspecified atom stereocenters. The minimum absolute atomic E-state index is 0.0106. The number of rotatable bonds is 36. The van der Waals surface area contributed by atoms with Crippen LogP contribution < -0.4 is 27.8 Å². The van der Waals surface area contributed by atoms with Crippen molar-refractivity contribution >= 4 is 35.5 Å². The van der Waals surface area contributed by atoms with E-state index in [1.807, 2.05) is 0 Å². The Morgan fingerprint density at radius 2 is 0.882 bits per heavy atom. The maximum Gasteiger partial charge on any atom is 0.364 e. The standard InChI is InChI=1S/C33H53N3O18.C31H48N2O19.C3H5N/c1-14(39)35-22-18(41)10-33(32(50)36(2)3,54-29(22)24(45)19(42)11-37)51-13-21-25(46)26(47)27(48)31(52-21)53-28(20(43)12-38)23(44)17(40)9-8-15-6-4-5-7-16(15)30(34)49;1-12(36)33-20-16(38)8-31(30(47)48,52-27(20)22(42)17(39)9-34)49-11-19-23(43)24(44)25(45)29(50-19)51-26(18(40)10-35)21(41)15(37)7-6-13-4-2-3-5-14(13)28(32)46;1-2-3-4/h4-7,17-29,31,37-38,40-48H,8-13H2,1-3H3,(H2,34,49)(H,35,39);2-5,15-27,29,34-35,37-45H,6-11H2,1H3,(H2,32,46)(H,33,36)(H,47,48);1H,3-4H2/t17?,18-,19-,20?,21?,22-,23-,24-,25+,26+,27?,28-,29?,31+,33-;15?,16-,17-,18?,19?,20-,21-,22-,23+,24+,25?,26-,27?,29+,31-;/m11./s1. The lowest BCUT2D eigenvalue weighted by molar-refractivity contribution is -0.349. The van der Waals surface area contributed by atoms with Gasteiger partial charge in [-0.1, -0.05) is 42.3 Å². The van der Waals surface area contributed by atoms with Crippen molar-refractivity contribution in [1.29, 1.82) is 0 Å². The number of primary amides is 2. The molecule has 2 aromatic carbocycles. The Morgan fingerprint density at radius 3 is 1.20 bits per heavy atom. The number of aliphatic carboxylic acids is 1. The number of amides is 5. The number of carbonyl (C=O) groups is 6. The quantitative estimate of drug-likeness (QED) is 0.0282. The molecule has 0 spiro atoms. The van der Waals surface area contributed by atoms with Crippen LogP contribution in [0.5, 0.6) is 0 Å². The highest BCUT2D eigenvalue weighted by Gasteiger charge is 2.60. The summed E-state index contributed by atoms with van der Waals surface area (Å²) < 4.78 is 44.9. The number of ether oxygens (including phenoxy) is 8. The highest BCUT2D eigenvalue weighted by atomic mass is 16.8. The lowest BCUT2D eigenvalue weighted by Crippen LogP contribution is -2.69. The van der Waals surface area contributed by atoms with E-state index in [9.17, 15) is 146 Å². The average molecular weight is 1590 g/mol. The van der Waals surface area contributed by atoms with E-state index < -0.39 is 271 Å². The highest BCUT2D eigenvalue weighted by Crippen LogP contribution is 2.38. The fourth-order valence-electron chi connectivity index (χ4n) is 12.3. The third-order valence-corrected chi connectivity index (χ3v) is 18.4. The third-order valence-electron chi connectivity index (χ3n) is 18.4. The SMILES string of the molecule is C#CCN.CC(=O)N[C@H]1C([C@H](O)[C@H](O)CO)O[C@@](OCC2O[C@@H](O[C@H](C(O)CO)[C@H](O)C(O)CCc3ccccc3C(N)=O)C(O)[C@@H](O)[C@H]2O)(C(=O)N(C)C)C[C@H]1O.CC(=O)N[C@H]1C([C@H](O)[C@H](O)CO)O[C@@](OCC2O[C@@H](O[C@H](C(O)CO)[C@H](O)C(O)CCc3ccccc3C(N)=O)C(O)[C@@H](O)[C@H]2O)(C(=O)O)C[C@H]1O. The predicted octanol–water partition coefficient (Wildman–Crippen LogP) is -14.1. The number of nitrogens with two attached hydrogens (primary N) is 3. The summed E-state index contributed by atoms with van der Waals surface area (Å²) >= 11 is 0. The van der Waals surface area contributed by atoms with Crippen molar-refractivity contribution < 1.29 is 184 Å². The summed E-state index contributed by atoms with van der Waals surface area (Å²) in [5, 5.41) is 245. The third kappa shape index (κ3) is 25.0. The van der Waals surface area contributed by atoms with Gasteiger partial charge in [-0.2, -0.15) is 0 Å². The molecular formula is C67H106N6O37. The van der Waals surface area contributed by atoms with Crippen molar-refractivity contribution in [2.45, 2.75) is 235 Å². The van der Waals surface area contributed by atoms with Gasteiger partial charge in [0, 0.05) is 51.9 Å². The molecule has 4 aliphatic rings. The van der Waals surface area contributed by atoms with E-state index in [0.717, 1.165) is 18.7 Å². The number of benzene rings is 2. The van der Waals surface area contributed by atoms with Gasteiger partial charge in [-0.15, -0.1) is 6.42 Å². The van der Waals surface area contributed by atoms with Crippen molar-refractivity contribution in [3.8, 4) is 12.3 Å². The van der Waals surface area contributed by atoms with Crippen LogP contribution >= 0.6 is 0 Å². The smallest absolute Gasteiger partial charge is 0.364 e. The van der Waals surface area contributed by atoms with Gasteiger partial charge >= 0.3 is 5.97 Å². The van der Waals surface area contributed by atoms with E-state index in [4.69, 9.17) is 55.1 Å². The van der Waals surface area contributed by atoms with Gasteiger partial charge in [-0.3, -0.25) is 24.0 Å². The molecule has 0 bridgehead atoms. The van der Waals surface area contributed by atoms with E-state index in [0.29, 0.717) is 17.7 Å². The number of hydrogen-bond donors (Lipinski definition) is 28. The monoisotopic (exact) mass is 1590 g/mol. The second-order valence-electron chi connectivity index (χ2n) is 26.6. The van der Waals surface area contributed by atoms with Gasteiger partial charge < -0.3 is 188 Å². The zero-order valence-corrected chi connectivity index (χ0v) is 60.2. The Labute approximate surface area is 629 Å². The molecule has 4 heterocycles. The lowest BCUT2D eigenvalue weighted by Gasteiger charge is -2.49. The zero-order chi connectivity index (χ0) is 83.1. The minimum atomic E-state index is -2.88. The molecule has 0 radical (unpaired) electrons. The lowest BCUT2D eigenvalue weighted by atomic mass is 9.88. The van der Waals surface area contributed by atoms with Gasteiger partial charge in [0.15, 0.2) is 12.6 Å². The molecule has 4 saturated heterocycles. The van der Waals surface area contributed by atoms with Gasteiger partial charge in [0.25, 0.3) is 17.5 Å². The average Bonchev–Trinajstić information content (AvgIpc) is 0.767. The van der Waals surface area contributed by atoms with Crippen LogP contribution in [-0.2, 0) is 69.9 Å². The van der Waals surface area contributed by atoms with Crippen LogP contribution in [0.2, 0.25) is 0 Å². The Balaban J connectivity index is 0.000000443. The van der Waals surface area contributed by atoms with Crippen LogP contribution in [0.4, 0.5) is 0 Å². The molecular weight excluding hydrogens is 1480 g/mol.